The van der Waals surface area contributed by atoms with Gasteiger partial charge >= 0.3 is 0 Å². The second-order valence-corrected chi connectivity index (χ2v) is 8.09. The normalized spacial score (nSPS) is 15.1. The number of pyridine rings is 1. The Hall–Kier alpha value is -1.10. The lowest BCUT2D eigenvalue weighted by atomic mass is 9.89. The number of hydrogen-bond donors (Lipinski definition) is 2. The number of aromatic nitrogens is 1. The molecule has 2 heterocycles. The van der Waals surface area contributed by atoms with Crippen molar-refractivity contribution in [2.75, 3.05) is 6.54 Å². The zero-order chi connectivity index (χ0) is 16.9. The molecule has 2 aromatic heterocycles. The van der Waals surface area contributed by atoms with E-state index in [0.717, 1.165) is 42.2 Å². The predicted molar refractivity (Wildman–Crippen MR) is 110 cm³/mol. The van der Waals surface area contributed by atoms with Gasteiger partial charge in [-0.2, -0.15) is 0 Å². The molecule has 25 heavy (non-hydrogen) atoms. The molecule has 0 radical (unpaired) electrons. The van der Waals surface area contributed by atoms with E-state index in [1.165, 1.54) is 41.9 Å². The average molecular weight is 381 g/mol. The molecule has 138 valence electrons. The fraction of sp³-hybridized carbons (Fsp3) is 0.550. The van der Waals surface area contributed by atoms with Gasteiger partial charge in [0.2, 0.25) is 0 Å². The number of halogens is 1. The van der Waals surface area contributed by atoms with Crippen molar-refractivity contribution in [1.82, 2.24) is 10.3 Å². The van der Waals surface area contributed by atoms with Crippen LogP contribution < -0.4 is 10.9 Å². The molecule has 3 nitrogen and oxygen atoms in total. The topological polar surface area (TPSA) is 44.9 Å². The van der Waals surface area contributed by atoms with Crippen LogP contribution in [-0.2, 0) is 13.0 Å². The van der Waals surface area contributed by atoms with Crippen LogP contribution in [0.3, 0.4) is 0 Å². The van der Waals surface area contributed by atoms with E-state index in [4.69, 9.17) is 0 Å². The molecule has 0 saturated heterocycles. The van der Waals surface area contributed by atoms with E-state index in [9.17, 15) is 4.79 Å². The minimum absolute atomic E-state index is 0. The van der Waals surface area contributed by atoms with Crippen molar-refractivity contribution < 1.29 is 0 Å². The molecular formula is C20H29ClN2OS. The molecule has 2 aromatic rings. The van der Waals surface area contributed by atoms with Crippen LogP contribution in [0.2, 0.25) is 0 Å². The maximum atomic E-state index is 11.9. The van der Waals surface area contributed by atoms with E-state index in [0.29, 0.717) is 0 Å². The smallest absolute Gasteiger partial charge is 0.251 e. The number of hydrogen-bond acceptors (Lipinski definition) is 3. The molecule has 1 saturated carbocycles. The predicted octanol–water partition coefficient (Wildman–Crippen LogP) is 5.07. The minimum Gasteiger partial charge on any atom is -0.326 e. The number of H-pyrrole nitrogens is 1. The van der Waals surface area contributed by atoms with Gasteiger partial charge in [-0.3, -0.25) is 4.79 Å². The standard InChI is InChI=1S/C20H28N2OS.ClH/c1-3-16-11-18(14(2)22-20(16)23)19-10-9-17(24-19)13-21-12-15-7-5-4-6-8-15;/h9-11,15,21H,3-8,12-13H2,1-2H3,(H,22,23);1H. The first-order valence-corrected chi connectivity index (χ1v) is 10.0. The molecule has 0 atom stereocenters. The summed E-state index contributed by atoms with van der Waals surface area (Å²) in [7, 11) is 0. The second-order valence-electron chi connectivity index (χ2n) is 6.92. The van der Waals surface area contributed by atoms with Gasteiger partial charge in [-0.05, 0) is 56.8 Å². The van der Waals surface area contributed by atoms with E-state index < -0.39 is 0 Å². The second kappa shape index (κ2) is 9.56. The summed E-state index contributed by atoms with van der Waals surface area (Å²) in [6, 6.07) is 6.45. The largest absolute Gasteiger partial charge is 0.326 e. The van der Waals surface area contributed by atoms with Crippen LogP contribution in [0.1, 0.15) is 55.2 Å². The lowest BCUT2D eigenvalue weighted by Crippen LogP contribution is -2.23. The summed E-state index contributed by atoms with van der Waals surface area (Å²) < 4.78 is 0. The Balaban J connectivity index is 0.00000225. The molecule has 0 bridgehead atoms. The Bertz CT molecular complexity index is 732. The highest BCUT2D eigenvalue weighted by molar-refractivity contribution is 7.15. The van der Waals surface area contributed by atoms with Gasteiger partial charge in [0.25, 0.3) is 5.56 Å². The third-order valence-electron chi connectivity index (χ3n) is 5.08. The molecule has 0 aliphatic heterocycles. The van der Waals surface area contributed by atoms with Gasteiger partial charge in [0.1, 0.15) is 0 Å². The summed E-state index contributed by atoms with van der Waals surface area (Å²) >= 11 is 1.83. The fourth-order valence-corrected chi connectivity index (χ4v) is 4.64. The Kier molecular flexibility index (Phi) is 7.73. The van der Waals surface area contributed by atoms with Gasteiger partial charge in [-0.15, -0.1) is 23.7 Å². The number of thiophene rings is 1. The highest BCUT2D eigenvalue weighted by atomic mass is 35.5. The van der Waals surface area contributed by atoms with E-state index in [2.05, 4.69) is 28.5 Å². The van der Waals surface area contributed by atoms with E-state index >= 15 is 0 Å². The monoisotopic (exact) mass is 380 g/mol. The minimum atomic E-state index is 0. The van der Waals surface area contributed by atoms with Crippen LogP contribution in [0.25, 0.3) is 10.4 Å². The van der Waals surface area contributed by atoms with E-state index in [-0.39, 0.29) is 18.0 Å². The zero-order valence-corrected chi connectivity index (χ0v) is 16.8. The number of rotatable bonds is 6. The molecule has 0 spiro atoms. The van der Waals surface area contributed by atoms with Gasteiger partial charge in [0.05, 0.1) is 0 Å². The van der Waals surface area contributed by atoms with Gasteiger partial charge < -0.3 is 10.3 Å². The lowest BCUT2D eigenvalue weighted by molar-refractivity contribution is 0.342. The Morgan fingerprint density at radius 2 is 2.00 bits per heavy atom. The number of aromatic amines is 1. The lowest BCUT2D eigenvalue weighted by Gasteiger charge is -2.21. The molecule has 3 rings (SSSR count). The molecule has 1 aliphatic rings. The van der Waals surface area contributed by atoms with Crippen molar-refractivity contribution in [1.29, 1.82) is 0 Å². The third kappa shape index (κ3) is 5.19. The van der Waals surface area contributed by atoms with Gasteiger partial charge in [-0.25, -0.2) is 0 Å². The van der Waals surface area contributed by atoms with E-state index in [1.54, 1.807) is 0 Å². The average Bonchev–Trinajstić information content (AvgIpc) is 3.04. The highest BCUT2D eigenvalue weighted by Gasteiger charge is 2.13. The molecule has 0 aromatic carbocycles. The van der Waals surface area contributed by atoms with Gasteiger partial charge in [0, 0.05) is 33.1 Å². The summed E-state index contributed by atoms with van der Waals surface area (Å²) in [5.41, 5.74) is 3.03. The molecule has 0 unspecified atom stereocenters. The third-order valence-corrected chi connectivity index (χ3v) is 6.20. The summed E-state index contributed by atoms with van der Waals surface area (Å²) in [5, 5.41) is 3.64. The van der Waals surface area contributed by atoms with Crippen molar-refractivity contribution in [3.8, 4) is 10.4 Å². The van der Waals surface area contributed by atoms with Crippen molar-refractivity contribution >= 4 is 23.7 Å². The number of nitrogens with one attached hydrogen (secondary N) is 2. The Morgan fingerprint density at radius 1 is 1.24 bits per heavy atom. The van der Waals surface area contributed by atoms with Crippen molar-refractivity contribution in [2.45, 2.75) is 58.9 Å². The first kappa shape index (κ1) is 20.2. The Morgan fingerprint density at radius 3 is 2.72 bits per heavy atom. The maximum Gasteiger partial charge on any atom is 0.251 e. The molecule has 0 amide bonds. The molecule has 1 aliphatic carbocycles. The zero-order valence-electron chi connectivity index (χ0n) is 15.2. The Labute approximate surface area is 160 Å². The molecule has 2 N–H and O–H groups in total. The molecule has 5 heteroatoms. The summed E-state index contributed by atoms with van der Waals surface area (Å²) in [4.78, 5) is 17.5. The van der Waals surface area contributed by atoms with Crippen LogP contribution in [0.15, 0.2) is 23.0 Å². The van der Waals surface area contributed by atoms with Crippen LogP contribution in [0, 0.1) is 12.8 Å². The van der Waals surface area contributed by atoms with Crippen LogP contribution in [0.4, 0.5) is 0 Å². The molecule has 1 fully saturated rings. The first-order valence-electron chi connectivity index (χ1n) is 9.20. The quantitative estimate of drug-likeness (QED) is 0.735. The number of aryl methyl sites for hydroxylation is 2. The summed E-state index contributed by atoms with van der Waals surface area (Å²) in [5.74, 6) is 0.867. The van der Waals surface area contributed by atoms with Crippen molar-refractivity contribution in [3.63, 3.8) is 0 Å². The van der Waals surface area contributed by atoms with Crippen molar-refractivity contribution in [2.24, 2.45) is 5.92 Å². The first-order chi connectivity index (χ1) is 11.7. The van der Waals surface area contributed by atoms with E-state index in [1.807, 2.05) is 25.2 Å². The fourth-order valence-electron chi connectivity index (χ4n) is 3.59. The van der Waals surface area contributed by atoms with Crippen LogP contribution in [0.5, 0.6) is 0 Å². The highest BCUT2D eigenvalue weighted by Crippen LogP contribution is 2.30. The summed E-state index contributed by atoms with van der Waals surface area (Å²) in [6.45, 7) is 6.10. The van der Waals surface area contributed by atoms with Crippen molar-refractivity contribution in [3.05, 3.63) is 44.7 Å². The van der Waals surface area contributed by atoms with Crippen LogP contribution >= 0.6 is 23.7 Å². The van der Waals surface area contributed by atoms with Gasteiger partial charge in [-0.1, -0.05) is 26.2 Å². The molecular weight excluding hydrogens is 352 g/mol. The SMILES string of the molecule is CCc1cc(-c2ccc(CNCC3CCCCC3)s2)c(C)[nH]c1=O.Cl. The van der Waals surface area contributed by atoms with Crippen LogP contribution in [-0.4, -0.2) is 11.5 Å². The van der Waals surface area contributed by atoms with Gasteiger partial charge in [0.15, 0.2) is 0 Å². The summed E-state index contributed by atoms with van der Waals surface area (Å²) in [6.07, 6.45) is 7.77. The maximum absolute atomic E-state index is 11.9.